The van der Waals surface area contributed by atoms with Crippen LogP contribution in [0.4, 0.5) is 10.2 Å². The minimum absolute atomic E-state index is 0.223. The van der Waals surface area contributed by atoms with Gasteiger partial charge < -0.3 is 14.8 Å². The number of halogens is 2. The molecule has 0 aliphatic carbocycles. The van der Waals surface area contributed by atoms with Crippen molar-refractivity contribution in [1.29, 1.82) is 0 Å². The van der Waals surface area contributed by atoms with E-state index in [0.29, 0.717) is 16.8 Å². The highest BCUT2D eigenvalue weighted by atomic mass is 79.9. The van der Waals surface area contributed by atoms with Gasteiger partial charge in [-0.25, -0.2) is 9.37 Å². The lowest BCUT2D eigenvalue weighted by molar-refractivity contribution is 0.174. The number of hydrogen-bond donors (Lipinski definition) is 1. The van der Waals surface area contributed by atoms with E-state index in [-0.39, 0.29) is 12.6 Å². The van der Waals surface area contributed by atoms with Gasteiger partial charge in [0.1, 0.15) is 0 Å². The molecule has 0 spiro atoms. The third-order valence-corrected chi connectivity index (χ3v) is 3.14. The van der Waals surface area contributed by atoms with Crippen LogP contribution in [0, 0.1) is 5.82 Å². The van der Waals surface area contributed by atoms with Crippen LogP contribution in [-0.2, 0) is 6.54 Å². The summed E-state index contributed by atoms with van der Waals surface area (Å²) in [6, 6.07) is 6.98. The largest absolute Gasteiger partial charge is 0.454 e. The maximum absolute atomic E-state index is 13.6. The summed E-state index contributed by atoms with van der Waals surface area (Å²) in [7, 11) is 0. The van der Waals surface area contributed by atoms with Crippen molar-refractivity contribution < 1.29 is 13.9 Å². The number of pyridine rings is 1. The van der Waals surface area contributed by atoms with Crippen LogP contribution >= 0.6 is 15.9 Å². The SMILES string of the molecule is Fc1cc(Br)cnc1NCc1ccc2c(c1)OCO2. The number of anilines is 1. The van der Waals surface area contributed by atoms with E-state index in [1.807, 2.05) is 18.2 Å². The molecule has 0 atom stereocenters. The Kier molecular flexibility index (Phi) is 3.25. The van der Waals surface area contributed by atoms with E-state index < -0.39 is 5.82 Å². The summed E-state index contributed by atoms with van der Waals surface area (Å²) in [4.78, 5) is 3.98. The number of nitrogens with zero attached hydrogens (tertiary/aromatic N) is 1. The number of rotatable bonds is 3. The third-order valence-electron chi connectivity index (χ3n) is 2.70. The number of fused-ring (bicyclic) bond motifs is 1. The second-order valence-corrected chi connectivity index (χ2v) is 4.94. The van der Waals surface area contributed by atoms with Gasteiger partial charge in [-0.1, -0.05) is 6.07 Å². The molecule has 0 saturated carbocycles. The molecule has 4 nitrogen and oxygen atoms in total. The summed E-state index contributed by atoms with van der Waals surface area (Å²) in [5, 5.41) is 2.94. The molecule has 3 rings (SSSR count). The first-order valence-corrected chi connectivity index (χ1v) is 6.45. The quantitative estimate of drug-likeness (QED) is 0.940. The lowest BCUT2D eigenvalue weighted by atomic mass is 10.2. The highest BCUT2D eigenvalue weighted by Crippen LogP contribution is 2.32. The second-order valence-electron chi connectivity index (χ2n) is 4.03. The predicted molar refractivity (Wildman–Crippen MR) is 71.8 cm³/mol. The minimum atomic E-state index is -0.393. The molecular weight excluding hydrogens is 315 g/mol. The Hall–Kier alpha value is -1.82. The van der Waals surface area contributed by atoms with Crippen LogP contribution in [0.5, 0.6) is 11.5 Å². The number of nitrogens with one attached hydrogen (secondary N) is 1. The van der Waals surface area contributed by atoms with Crippen molar-refractivity contribution in [3.8, 4) is 11.5 Å². The summed E-state index contributed by atoms with van der Waals surface area (Å²) in [5.74, 6) is 1.27. The molecule has 0 radical (unpaired) electrons. The molecule has 1 aromatic heterocycles. The molecule has 98 valence electrons. The fourth-order valence-electron chi connectivity index (χ4n) is 1.78. The van der Waals surface area contributed by atoms with Gasteiger partial charge in [-0.3, -0.25) is 0 Å². The van der Waals surface area contributed by atoms with E-state index in [1.165, 1.54) is 6.07 Å². The van der Waals surface area contributed by atoms with E-state index in [1.54, 1.807) is 6.20 Å². The van der Waals surface area contributed by atoms with Crippen molar-refractivity contribution in [3.05, 3.63) is 46.3 Å². The molecule has 0 unspecified atom stereocenters. The summed E-state index contributed by atoms with van der Waals surface area (Å²) >= 11 is 3.17. The summed E-state index contributed by atoms with van der Waals surface area (Å²) in [6.07, 6.45) is 1.55. The Bertz CT molecular complexity index is 622. The van der Waals surface area contributed by atoms with Gasteiger partial charge in [0.05, 0.1) is 0 Å². The Morgan fingerprint density at radius 1 is 1.26 bits per heavy atom. The first kappa shape index (κ1) is 12.2. The van der Waals surface area contributed by atoms with Crippen LogP contribution < -0.4 is 14.8 Å². The molecule has 0 fully saturated rings. The fourth-order valence-corrected chi connectivity index (χ4v) is 2.08. The summed E-state index contributed by atoms with van der Waals surface area (Å²) < 4.78 is 24.7. The molecule has 19 heavy (non-hydrogen) atoms. The fraction of sp³-hybridized carbons (Fsp3) is 0.154. The summed E-state index contributed by atoms with van der Waals surface area (Å²) in [5.41, 5.74) is 0.966. The Labute approximate surface area is 117 Å². The molecule has 2 heterocycles. The topological polar surface area (TPSA) is 43.4 Å². The van der Waals surface area contributed by atoms with Gasteiger partial charge in [-0.15, -0.1) is 0 Å². The zero-order chi connectivity index (χ0) is 13.2. The lowest BCUT2D eigenvalue weighted by Gasteiger charge is -2.07. The number of aromatic nitrogens is 1. The molecule has 1 aliphatic rings. The van der Waals surface area contributed by atoms with Crippen LogP contribution in [-0.4, -0.2) is 11.8 Å². The zero-order valence-electron chi connectivity index (χ0n) is 9.82. The highest BCUT2D eigenvalue weighted by molar-refractivity contribution is 9.10. The van der Waals surface area contributed by atoms with Crippen molar-refractivity contribution >= 4 is 21.7 Å². The smallest absolute Gasteiger partial charge is 0.231 e. The molecule has 2 aromatic rings. The van der Waals surface area contributed by atoms with Crippen molar-refractivity contribution in [2.45, 2.75) is 6.54 Å². The van der Waals surface area contributed by atoms with E-state index in [0.717, 1.165) is 11.3 Å². The number of benzene rings is 1. The predicted octanol–water partition coefficient (Wildman–Crippen LogP) is 3.32. The van der Waals surface area contributed by atoms with Crippen molar-refractivity contribution in [3.63, 3.8) is 0 Å². The highest BCUT2D eigenvalue weighted by Gasteiger charge is 2.13. The Morgan fingerprint density at radius 3 is 2.95 bits per heavy atom. The average molecular weight is 325 g/mol. The van der Waals surface area contributed by atoms with Gasteiger partial charge in [0.15, 0.2) is 23.1 Å². The molecule has 6 heteroatoms. The minimum Gasteiger partial charge on any atom is -0.454 e. The van der Waals surface area contributed by atoms with Gasteiger partial charge >= 0.3 is 0 Å². The van der Waals surface area contributed by atoms with Crippen LogP contribution in [0.25, 0.3) is 0 Å². The van der Waals surface area contributed by atoms with Gasteiger partial charge in [-0.2, -0.15) is 0 Å². The lowest BCUT2D eigenvalue weighted by Crippen LogP contribution is -2.03. The summed E-state index contributed by atoms with van der Waals surface area (Å²) in [6.45, 7) is 0.706. The van der Waals surface area contributed by atoms with Crippen molar-refractivity contribution in [1.82, 2.24) is 4.98 Å². The van der Waals surface area contributed by atoms with Crippen molar-refractivity contribution in [2.75, 3.05) is 12.1 Å². The monoisotopic (exact) mass is 324 g/mol. The molecule has 1 N–H and O–H groups in total. The number of hydrogen-bond acceptors (Lipinski definition) is 4. The maximum atomic E-state index is 13.6. The van der Waals surface area contributed by atoms with Gasteiger partial charge in [0.2, 0.25) is 6.79 Å². The molecule has 1 aliphatic heterocycles. The molecule has 1 aromatic carbocycles. The zero-order valence-corrected chi connectivity index (χ0v) is 11.4. The normalized spacial score (nSPS) is 12.5. The molecule has 0 bridgehead atoms. The maximum Gasteiger partial charge on any atom is 0.231 e. The third kappa shape index (κ3) is 2.63. The Morgan fingerprint density at radius 2 is 2.11 bits per heavy atom. The van der Waals surface area contributed by atoms with Crippen LogP contribution in [0.2, 0.25) is 0 Å². The molecule has 0 amide bonds. The van der Waals surface area contributed by atoms with E-state index in [4.69, 9.17) is 9.47 Å². The van der Waals surface area contributed by atoms with Gasteiger partial charge in [0, 0.05) is 17.2 Å². The van der Waals surface area contributed by atoms with E-state index in [9.17, 15) is 4.39 Å². The Balaban J connectivity index is 1.72. The average Bonchev–Trinajstić information content (AvgIpc) is 2.85. The van der Waals surface area contributed by atoms with E-state index >= 15 is 0 Å². The molecule has 0 saturated heterocycles. The van der Waals surface area contributed by atoms with Crippen LogP contribution in [0.15, 0.2) is 34.9 Å². The van der Waals surface area contributed by atoms with Gasteiger partial charge in [-0.05, 0) is 39.7 Å². The van der Waals surface area contributed by atoms with Crippen molar-refractivity contribution in [2.24, 2.45) is 0 Å². The second kappa shape index (κ2) is 5.05. The van der Waals surface area contributed by atoms with Gasteiger partial charge in [0.25, 0.3) is 0 Å². The number of ether oxygens (including phenoxy) is 2. The molecular formula is C13H10BrFN2O2. The first-order valence-electron chi connectivity index (χ1n) is 5.66. The first-order chi connectivity index (χ1) is 9.22. The van der Waals surface area contributed by atoms with Crippen LogP contribution in [0.1, 0.15) is 5.56 Å². The van der Waals surface area contributed by atoms with E-state index in [2.05, 4.69) is 26.2 Å². The van der Waals surface area contributed by atoms with Crippen LogP contribution in [0.3, 0.4) is 0 Å². The standard InChI is InChI=1S/C13H10BrFN2O2/c14-9-4-10(15)13(17-6-9)16-5-8-1-2-11-12(3-8)19-7-18-11/h1-4,6H,5,7H2,(H,16,17).